The molecule has 0 atom stereocenters. The van der Waals surface area contributed by atoms with E-state index in [0.29, 0.717) is 12.3 Å². The van der Waals surface area contributed by atoms with Crippen LogP contribution in [0.2, 0.25) is 0 Å². The third-order valence-electron chi connectivity index (χ3n) is 3.88. The molecular formula is C16H18ClF3IrNO+. The third-order valence-corrected chi connectivity index (χ3v) is 3.88. The molecule has 0 unspecified atom stereocenters. The summed E-state index contributed by atoms with van der Waals surface area (Å²) >= 11 is 1.47. The van der Waals surface area contributed by atoms with E-state index < -0.39 is 17.6 Å². The van der Waals surface area contributed by atoms with E-state index in [4.69, 9.17) is 0 Å². The zero-order valence-electron chi connectivity index (χ0n) is 13.4. The van der Waals surface area contributed by atoms with Crippen molar-refractivity contribution in [1.82, 2.24) is 4.98 Å². The maximum absolute atomic E-state index is 11.8. The van der Waals surface area contributed by atoms with Crippen LogP contribution < -0.4 is 5.11 Å². The van der Waals surface area contributed by atoms with Gasteiger partial charge >= 0.3 is 33.6 Å². The molecule has 7 heteroatoms. The first-order valence-electron chi connectivity index (χ1n) is 6.58. The average molecular weight is 525 g/mol. The Labute approximate surface area is 151 Å². The number of pyridine rings is 1. The Morgan fingerprint density at radius 2 is 1.22 bits per heavy atom. The summed E-state index contributed by atoms with van der Waals surface area (Å²) in [5.74, 6) is 6.67. The van der Waals surface area contributed by atoms with Crippen molar-refractivity contribution >= 4 is 9.58 Å². The van der Waals surface area contributed by atoms with Crippen molar-refractivity contribution in [2.24, 2.45) is 0 Å². The molecule has 0 N–H and O–H groups in total. The summed E-state index contributed by atoms with van der Waals surface area (Å²) in [7, 11) is 4.64. The average Bonchev–Trinajstić information content (AvgIpc) is 2.67. The molecule has 23 heavy (non-hydrogen) atoms. The van der Waals surface area contributed by atoms with Crippen LogP contribution in [0.4, 0.5) is 13.2 Å². The van der Waals surface area contributed by atoms with Crippen LogP contribution in [0.15, 0.2) is 18.3 Å². The Hall–Kier alpha value is -0.321. The number of aromatic nitrogens is 1. The Kier molecular flexibility index (Phi) is 9.71. The van der Waals surface area contributed by atoms with Gasteiger partial charge in [-0.3, -0.25) is 4.98 Å². The van der Waals surface area contributed by atoms with Gasteiger partial charge in [0.05, 0.1) is 5.56 Å². The monoisotopic (exact) mass is 525 g/mol. The molecular weight excluding hydrogens is 507 g/mol. The zero-order valence-corrected chi connectivity index (χ0v) is 16.6. The number of rotatable bonds is 0. The van der Waals surface area contributed by atoms with Gasteiger partial charge in [-0.1, -0.05) is 40.7 Å². The largest absolute Gasteiger partial charge is 0.859 e. The second-order valence-electron chi connectivity index (χ2n) is 5.01. The molecule has 2 nitrogen and oxygen atoms in total. The first-order valence-corrected chi connectivity index (χ1v) is 9.55. The van der Waals surface area contributed by atoms with E-state index in [1.165, 1.54) is 47.5 Å². The van der Waals surface area contributed by atoms with Gasteiger partial charge in [0.1, 0.15) is 0 Å². The van der Waals surface area contributed by atoms with Crippen LogP contribution in [-0.4, -0.2) is 4.98 Å². The molecule has 1 heterocycles. The smallest absolute Gasteiger partial charge is 0.417 e. The number of hydrogen-bond donors (Lipinski definition) is 0. The molecule has 1 aliphatic rings. The van der Waals surface area contributed by atoms with Gasteiger partial charge < -0.3 is 5.11 Å². The predicted octanol–water partition coefficient (Wildman–Crippen LogP) is 4.83. The van der Waals surface area contributed by atoms with E-state index in [1.54, 1.807) is 0 Å². The maximum Gasteiger partial charge on any atom is 0.417 e. The first kappa shape index (κ1) is 22.7. The molecule has 1 fully saturated rings. The minimum Gasteiger partial charge on any atom is -0.859 e. The fraction of sp³-hybridized carbons (Fsp3) is 0.375. The number of alkyl halides is 3. The van der Waals surface area contributed by atoms with Gasteiger partial charge in [0.15, 0.2) is 0 Å². The molecule has 2 rings (SSSR count). The van der Waals surface area contributed by atoms with Crippen molar-refractivity contribution in [2.75, 3.05) is 0 Å². The van der Waals surface area contributed by atoms with Crippen LogP contribution in [0.3, 0.4) is 0 Å². The summed E-state index contributed by atoms with van der Waals surface area (Å²) in [6.45, 7) is 11.0. The standard InChI is InChI=1S/C10H15.C6H4F3NO.ClH.Ir/c1-6-7(2)9(4)10(5)8(6)3;7-6(8,9)4-1-2-5(11)10-3-4;;/h1-5H3;1-3H,(H,10,11);1H;/q;;;+3/p-2. The predicted molar refractivity (Wildman–Crippen MR) is 79.1 cm³/mol. The molecule has 1 aliphatic carbocycles. The molecule has 1 saturated carbocycles. The van der Waals surface area contributed by atoms with Crippen molar-refractivity contribution < 1.29 is 36.2 Å². The molecule has 0 amide bonds. The van der Waals surface area contributed by atoms with Crippen LogP contribution in [0.5, 0.6) is 5.88 Å². The normalized spacial score (nSPS) is 18.2. The Morgan fingerprint density at radius 1 is 0.870 bits per heavy atom. The van der Waals surface area contributed by atoms with Gasteiger partial charge in [-0.25, -0.2) is 0 Å². The second-order valence-corrected chi connectivity index (χ2v) is 5.01. The molecule has 0 aromatic carbocycles. The summed E-state index contributed by atoms with van der Waals surface area (Å²) in [5.41, 5.74) is -0.905. The van der Waals surface area contributed by atoms with Crippen molar-refractivity contribution in [3.8, 4) is 5.88 Å². The minimum absolute atomic E-state index is 0.516. The van der Waals surface area contributed by atoms with Gasteiger partial charge in [-0.05, 0) is 41.5 Å². The Morgan fingerprint density at radius 3 is 1.43 bits per heavy atom. The zero-order chi connectivity index (χ0) is 18.4. The Bertz CT molecular complexity index is 411. The van der Waals surface area contributed by atoms with Crippen LogP contribution >= 0.6 is 9.58 Å². The van der Waals surface area contributed by atoms with Gasteiger partial charge in [0.25, 0.3) is 0 Å². The molecule has 0 saturated heterocycles. The molecule has 5 radical (unpaired) electrons. The Balaban J connectivity index is 0.000000381. The molecule has 0 aliphatic heterocycles. The third kappa shape index (κ3) is 6.60. The van der Waals surface area contributed by atoms with E-state index in [9.17, 15) is 18.3 Å². The number of nitrogens with zero attached hydrogens (tertiary/aromatic N) is 1. The van der Waals surface area contributed by atoms with Crippen molar-refractivity contribution in [3.05, 3.63) is 53.5 Å². The van der Waals surface area contributed by atoms with Gasteiger partial charge in [-0.15, -0.1) is 0 Å². The van der Waals surface area contributed by atoms with E-state index in [-0.39, 0.29) is 0 Å². The van der Waals surface area contributed by atoms with Gasteiger partial charge in [-0.2, -0.15) is 13.2 Å². The first-order chi connectivity index (χ1) is 10.6. The van der Waals surface area contributed by atoms with Gasteiger partial charge in [0.2, 0.25) is 0 Å². The van der Waals surface area contributed by atoms with Crippen LogP contribution in [0.25, 0.3) is 0 Å². The fourth-order valence-electron chi connectivity index (χ4n) is 1.95. The summed E-state index contributed by atoms with van der Waals surface area (Å²) in [6.07, 6.45) is -3.90. The summed E-state index contributed by atoms with van der Waals surface area (Å²) in [6, 6.07) is 1.48. The summed E-state index contributed by atoms with van der Waals surface area (Å²) in [4.78, 5) is 2.97. The minimum atomic E-state index is -4.42. The van der Waals surface area contributed by atoms with Crippen LogP contribution in [0, 0.1) is 29.6 Å². The van der Waals surface area contributed by atoms with Crippen molar-refractivity contribution in [1.29, 1.82) is 0 Å². The van der Waals surface area contributed by atoms with Crippen LogP contribution in [0.1, 0.15) is 40.2 Å². The number of halogens is 4. The van der Waals surface area contributed by atoms with E-state index in [0.717, 1.165) is 6.07 Å². The quantitative estimate of drug-likeness (QED) is 0.487. The second kappa shape index (κ2) is 9.85. The van der Waals surface area contributed by atoms with Gasteiger partial charge in [0, 0.05) is 6.20 Å². The molecule has 1 aromatic rings. The number of hydrogen-bond acceptors (Lipinski definition) is 2. The van der Waals surface area contributed by atoms with E-state index in [2.05, 4.69) is 49.2 Å². The van der Waals surface area contributed by atoms with E-state index >= 15 is 0 Å². The SMILES string of the molecule is C[C]1[C](C)[C](C)[C](C)[C]1C.[Cl][Ir+2].[O-]c1ccc(C(F)(F)F)cn1. The molecule has 129 valence electrons. The molecule has 0 spiro atoms. The maximum atomic E-state index is 11.8. The fourth-order valence-corrected chi connectivity index (χ4v) is 1.95. The van der Waals surface area contributed by atoms with E-state index in [1.807, 2.05) is 0 Å². The van der Waals surface area contributed by atoms with Crippen LogP contribution in [-0.2, 0) is 24.1 Å². The van der Waals surface area contributed by atoms with Crippen molar-refractivity contribution in [2.45, 2.75) is 40.8 Å². The molecule has 1 aromatic heterocycles. The van der Waals surface area contributed by atoms with Crippen molar-refractivity contribution in [3.63, 3.8) is 0 Å². The topological polar surface area (TPSA) is 36.0 Å². The molecule has 0 bridgehead atoms. The summed E-state index contributed by atoms with van der Waals surface area (Å²) in [5, 5.41) is 10.3. The summed E-state index contributed by atoms with van der Waals surface area (Å²) < 4.78 is 35.3.